The van der Waals surface area contributed by atoms with Crippen LogP contribution >= 0.6 is 0 Å². The zero-order valence-corrected chi connectivity index (χ0v) is 4.10. The highest BCUT2D eigenvalue weighted by Crippen LogP contribution is 2.02. The molecule has 0 radical (unpaired) electrons. The first-order valence-electron chi connectivity index (χ1n) is 2.13. The molecule has 0 spiro atoms. The molecule has 1 aliphatic heterocycles. The van der Waals surface area contributed by atoms with Crippen LogP contribution in [0.25, 0.3) is 0 Å². The summed E-state index contributed by atoms with van der Waals surface area (Å²) < 4.78 is 4.53. The first kappa shape index (κ1) is 4.37. The third-order valence-electron chi connectivity index (χ3n) is 0.806. The van der Waals surface area contributed by atoms with E-state index >= 15 is 0 Å². The van der Waals surface area contributed by atoms with Crippen LogP contribution in [0.1, 0.15) is 6.92 Å². The van der Waals surface area contributed by atoms with Crippen molar-refractivity contribution in [2.24, 2.45) is 0 Å². The molecule has 0 aliphatic carbocycles. The van der Waals surface area contributed by atoms with Gasteiger partial charge in [-0.1, -0.05) is 0 Å². The molecule has 0 amide bonds. The number of carbonyl (C=O) groups is 1. The normalized spacial score (nSPS) is 19.0. The smallest absolute Gasteiger partial charge is 0.331 e. The SMILES string of the molecule is CC1=CC(=O)OC1. The maximum Gasteiger partial charge on any atom is 0.331 e. The van der Waals surface area contributed by atoms with Crippen molar-refractivity contribution in [3.05, 3.63) is 11.6 Å². The Morgan fingerprint density at radius 3 is 2.71 bits per heavy atom. The monoisotopic (exact) mass is 98.0 g/mol. The lowest BCUT2D eigenvalue weighted by molar-refractivity contribution is -0.134. The van der Waals surface area contributed by atoms with Gasteiger partial charge in [0, 0.05) is 6.08 Å². The highest BCUT2D eigenvalue weighted by molar-refractivity contribution is 5.84. The summed E-state index contributed by atoms with van der Waals surface area (Å²) >= 11 is 0. The van der Waals surface area contributed by atoms with Gasteiger partial charge in [0.1, 0.15) is 6.61 Å². The Hall–Kier alpha value is -0.790. The van der Waals surface area contributed by atoms with Gasteiger partial charge < -0.3 is 4.74 Å². The molecule has 0 aromatic heterocycles. The molecule has 2 nitrogen and oxygen atoms in total. The zero-order chi connectivity index (χ0) is 5.28. The van der Waals surface area contributed by atoms with Gasteiger partial charge in [0.15, 0.2) is 0 Å². The van der Waals surface area contributed by atoms with Gasteiger partial charge in [-0.25, -0.2) is 4.79 Å². The van der Waals surface area contributed by atoms with Crippen LogP contribution in [0.15, 0.2) is 11.6 Å². The first-order chi connectivity index (χ1) is 3.29. The Bertz CT molecular complexity index is 124. The molecule has 1 aliphatic rings. The minimum Gasteiger partial charge on any atom is -0.458 e. The van der Waals surface area contributed by atoms with Crippen molar-refractivity contribution in [2.45, 2.75) is 6.92 Å². The summed E-state index contributed by atoms with van der Waals surface area (Å²) in [6, 6.07) is 0. The standard InChI is InChI=1S/C5H6O2/c1-4-2-5(6)7-3-4/h2H,3H2,1H3. The second-order valence-corrected chi connectivity index (χ2v) is 1.60. The topological polar surface area (TPSA) is 26.3 Å². The van der Waals surface area contributed by atoms with E-state index in [2.05, 4.69) is 4.74 Å². The fraction of sp³-hybridized carbons (Fsp3) is 0.400. The summed E-state index contributed by atoms with van der Waals surface area (Å²) in [5.74, 6) is -0.211. The predicted molar refractivity (Wildman–Crippen MR) is 24.7 cm³/mol. The number of hydrogen-bond acceptors (Lipinski definition) is 2. The summed E-state index contributed by atoms with van der Waals surface area (Å²) in [4.78, 5) is 10.2. The molecule has 0 N–H and O–H groups in total. The van der Waals surface area contributed by atoms with Crippen LogP contribution in [0.5, 0.6) is 0 Å². The van der Waals surface area contributed by atoms with E-state index in [1.165, 1.54) is 6.08 Å². The number of carbonyl (C=O) groups excluding carboxylic acids is 1. The molecule has 0 saturated carbocycles. The minimum absolute atomic E-state index is 0.211. The molecule has 2 heteroatoms. The van der Waals surface area contributed by atoms with Crippen LogP contribution in [0.4, 0.5) is 0 Å². The van der Waals surface area contributed by atoms with Gasteiger partial charge in [-0.15, -0.1) is 0 Å². The first-order valence-corrected chi connectivity index (χ1v) is 2.13. The lowest BCUT2D eigenvalue weighted by Crippen LogP contribution is -1.90. The van der Waals surface area contributed by atoms with Crippen LogP contribution in [0.2, 0.25) is 0 Å². The molecule has 7 heavy (non-hydrogen) atoms. The summed E-state index contributed by atoms with van der Waals surface area (Å²) in [6.45, 7) is 2.35. The number of ether oxygens (including phenoxy) is 1. The molecule has 38 valence electrons. The summed E-state index contributed by atoms with van der Waals surface area (Å²) in [5.41, 5.74) is 1.00. The van der Waals surface area contributed by atoms with Gasteiger partial charge in [-0.3, -0.25) is 0 Å². The molecule has 0 bridgehead atoms. The maximum absolute atomic E-state index is 10.2. The lowest BCUT2D eigenvalue weighted by Gasteiger charge is -1.85. The Kier molecular flexibility index (Phi) is 0.855. The molecule has 1 heterocycles. The van der Waals surface area contributed by atoms with Gasteiger partial charge in [0.05, 0.1) is 0 Å². The van der Waals surface area contributed by atoms with Crippen molar-refractivity contribution in [1.29, 1.82) is 0 Å². The van der Waals surface area contributed by atoms with Crippen molar-refractivity contribution < 1.29 is 9.53 Å². The van der Waals surface area contributed by atoms with Gasteiger partial charge in [-0.2, -0.15) is 0 Å². The van der Waals surface area contributed by atoms with Crippen molar-refractivity contribution in [1.82, 2.24) is 0 Å². The summed E-state index contributed by atoms with van der Waals surface area (Å²) in [7, 11) is 0. The van der Waals surface area contributed by atoms with E-state index in [4.69, 9.17) is 0 Å². The predicted octanol–water partition coefficient (Wildman–Crippen LogP) is 0.490. The Morgan fingerprint density at radius 2 is 2.57 bits per heavy atom. The van der Waals surface area contributed by atoms with Crippen LogP contribution in [-0.4, -0.2) is 12.6 Å². The van der Waals surface area contributed by atoms with Crippen molar-refractivity contribution in [3.63, 3.8) is 0 Å². The van der Waals surface area contributed by atoms with Crippen molar-refractivity contribution >= 4 is 5.97 Å². The Morgan fingerprint density at radius 1 is 1.86 bits per heavy atom. The fourth-order valence-electron chi connectivity index (χ4n) is 0.469. The van der Waals surface area contributed by atoms with E-state index in [9.17, 15) is 4.79 Å². The highest BCUT2D eigenvalue weighted by Gasteiger charge is 2.06. The van der Waals surface area contributed by atoms with E-state index in [1.54, 1.807) is 0 Å². The van der Waals surface area contributed by atoms with E-state index in [-0.39, 0.29) is 5.97 Å². The van der Waals surface area contributed by atoms with E-state index in [1.807, 2.05) is 6.92 Å². The average Bonchev–Trinajstić information content (AvgIpc) is 1.87. The second-order valence-electron chi connectivity index (χ2n) is 1.60. The van der Waals surface area contributed by atoms with Crippen molar-refractivity contribution in [3.8, 4) is 0 Å². The molecular weight excluding hydrogens is 92.1 g/mol. The van der Waals surface area contributed by atoms with Crippen LogP contribution in [-0.2, 0) is 9.53 Å². The van der Waals surface area contributed by atoms with Crippen molar-refractivity contribution in [2.75, 3.05) is 6.61 Å². The van der Waals surface area contributed by atoms with E-state index in [0.717, 1.165) is 5.57 Å². The molecule has 0 aromatic rings. The molecular formula is C5H6O2. The third kappa shape index (κ3) is 0.796. The average molecular weight is 98.1 g/mol. The largest absolute Gasteiger partial charge is 0.458 e. The van der Waals surface area contributed by atoms with Gasteiger partial charge in [0.25, 0.3) is 0 Å². The van der Waals surface area contributed by atoms with Crippen LogP contribution in [0.3, 0.4) is 0 Å². The number of hydrogen-bond donors (Lipinski definition) is 0. The highest BCUT2D eigenvalue weighted by atomic mass is 16.5. The Balaban J connectivity index is 2.67. The molecule has 0 saturated heterocycles. The fourth-order valence-corrected chi connectivity index (χ4v) is 0.469. The zero-order valence-electron chi connectivity index (χ0n) is 4.10. The molecule has 0 atom stereocenters. The van der Waals surface area contributed by atoms with E-state index < -0.39 is 0 Å². The molecule has 0 unspecified atom stereocenters. The quantitative estimate of drug-likeness (QED) is 0.412. The number of esters is 1. The molecule has 1 rings (SSSR count). The van der Waals surface area contributed by atoms with E-state index in [0.29, 0.717) is 6.61 Å². The van der Waals surface area contributed by atoms with Gasteiger partial charge in [0.2, 0.25) is 0 Å². The minimum atomic E-state index is -0.211. The number of rotatable bonds is 0. The molecule has 0 aromatic carbocycles. The van der Waals surface area contributed by atoms with Crippen LogP contribution < -0.4 is 0 Å². The maximum atomic E-state index is 10.2. The molecule has 0 fully saturated rings. The Labute approximate surface area is 41.8 Å². The van der Waals surface area contributed by atoms with Gasteiger partial charge in [-0.05, 0) is 12.5 Å². The number of cyclic esters (lactones) is 1. The van der Waals surface area contributed by atoms with Gasteiger partial charge >= 0.3 is 5.97 Å². The third-order valence-corrected chi connectivity index (χ3v) is 0.806. The lowest BCUT2D eigenvalue weighted by atomic mass is 10.3. The summed E-state index contributed by atoms with van der Waals surface area (Å²) in [6.07, 6.45) is 1.50. The summed E-state index contributed by atoms with van der Waals surface area (Å²) in [5, 5.41) is 0. The second kappa shape index (κ2) is 1.37. The van der Waals surface area contributed by atoms with Crippen LogP contribution in [0, 0.1) is 0 Å².